The summed E-state index contributed by atoms with van der Waals surface area (Å²) < 4.78 is 16.0. The molecular formula is C15H15NO9. The Balaban J connectivity index is 1.56. The van der Waals surface area contributed by atoms with E-state index >= 15 is 0 Å². The van der Waals surface area contributed by atoms with Crippen LogP contribution in [0.4, 0.5) is 0 Å². The Morgan fingerprint density at radius 2 is 1.88 bits per heavy atom. The van der Waals surface area contributed by atoms with Gasteiger partial charge in [0.25, 0.3) is 5.09 Å². The van der Waals surface area contributed by atoms with Crippen LogP contribution in [0.15, 0.2) is 24.3 Å². The first-order valence-electron chi connectivity index (χ1n) is 7.39. The first kappa shape index (κ1) is 17.0. The van der Waals surface area contributed by atoms with Gasteiger partial charge in [-0.2, -0.15) is 0 Å². The summed E-state index contributed by atoms with van der Waals surface area (Å²) in [5, 5.41) is 28.1. The summed E-state index contributed by atoms with van der Waals surface area (Å²) in [6.45, 7) is 0.0273. The molecule has 0 unspecified atom stereocenters. The fourth-order valence-corrected chi connectivity index (χ4v) is 2.73. The number of hydrogen-bond acceptors (Lipinski definition) is 9. The smallest absolute Gasteiger partial charge is 0.331 e. The topological polar surface area (TPSA) is 138 Å². The summed E-state index contributed by atoms with van der Waals surface area (Å²) in [6, 6.07) is 4.08. The normalized spacial score (nSPS) is 28.0. The van der Waals surface area contributed by atoms with E-state index in [2.05, 4.69) is 4.84 Å². The second-order valence-electron chi connectivity index (χ2n) is 5.52. The third-order valence-electron chi connectivity index (χ3n) is 3.86. The molecule has 2 heterocycles. The Kier molecular flexibility index (Phi) is 4.72. The van der Waals surface area contributed by atoms with Crippen LogP contribution in [0.3, 0.4) is 0 Å². The van der Waals surface area contributed by atoms with Gasteiger partial charge in [-0.25, -0.2) is 4.79 Å². The summed E-state index contributed by atoms with van der Waals surface area (Å²) >= 11 is 0. The van der Waals surface area contributed by atoms with E-state index in [4.69, 9.17) is 14.2 Å². The second kappa shape index (κ2) is 6.95. The van der Waals surface area contributed by atoms with Crippen molar-refractivity contribution < 1.29 is 39.1 Å². The number of esters is 1. The molecule has 3 rings (SSSR count). The Morgan fingerprint density at radius 1 is 1.20 bits per heavy atom. The van der Waals surface area contributed by atoms with Gasteiger partial charge in [-0.1, -0.05) is 6.07 Å². The molecule has 2 aliphatic heterocycles. The molecule has 0 bridgehead atoms. The lowest BCUT2D eigenvalue weighted by molar-refractivity contribution is -0.769. The van der Waals surface area contributed by atoms with E-state index in [0.717, 1.165) is 6.08 Å². The molecule has 1 aromatic carbocycles. The predicted octanol–water partition coefficient (Wildman–Crippen LogP) is 0.397. The SMILES string of the molecule is O=C(/C=C/c1ccc(O)c(O)c1)O[C@@H]1CO[C@H]2[C@@H]1OC[C@@H]2O[N+](=O)[O-]. The minimum Gasteiger partial charge on any atom is -0.504 e. The highest BCUT2D eigenvalue weighted by atomic mass is 17.0. The standard InChI is InChI=1S/C15H15NO9/c17-9-3-1-8(5-10(9)18)2-4-13(19)24-11-6-22-15-12(25-16(20)21)7-23-14(11)15/h1-5,11-12,14-15,17-18H,6-7H2/b4-2+/t11-,12+,14-,15-/m1/s1. The fraction of sp³-hybridized carbons (Fsp3) is 0.400. The maximum Gasteiger partial charge on any atom is 0.331 e. The molecule has 0 aliphatic carbocycles. The zero-order valence-corrected chi connectivity index (χ0v) is 12.8. The molecule has 10 heteroatoms. The van der Waals surface area contributed by atoms with Crippen LogP contribution in [0, 0.1) is 10.1 Å². The van der Waals surface area contributed by atoms with Gasteiger partial charge in [-0.3, -0.25) is 0 Å². The zero-order chi connectivity index (χ0) is 18.0. The number of fused-ring (bicyclic) bond motifs is 1. The van der Waals surface area contributed by atoms with Crippen molar-refractivity contribution >= 4 is 12.0 Å². The van der Waals surface area contributed by atoms with Crippen LogP contribution in [0.25, 0.3) is 6.08 Å². The summed E-state index contributed by atoms with van der Waals surface area (Å²) in [5.41, 5.74) is 0.490. The van der Waals surface area contributed by atoms with Crippen LogP contribution in [-0.2, 0) is 23.8 Å². The van der Waals surface area contributed by atoms with Gasteiger partial charge in [0.2, 0.25) is 0 Å². The van der Waals surface area contributed by atoms with Crippen molar-refractivity contribution in [2.75, 3.05) is 13.2 Å². The molecule has 1 aromatic rings. The molecule has 0 radical (unpaired) electrons. The molecule has 0 spiro atoms. The highest BCUT2D eigenvalue weighted by molar-refractivity contribution is 5.87. The molecule has 0 saturated carbocycles. The predicted molar refractivity (Wildman–Crippen MR) is 80.0 cm³/mol. The quantitative estimate of drug-likeness (QED) is 0.253. The molecule has 2 saturated heterocycles. The van der Waals surface area contributed by atoms with Crippen LogP contribution < -0.4 is 0 Å². The molecule has 25 heavy (non-hydrogen) atoms. The minimum absolute atomic E-state index is 0.0208. The van der Waals surface area contributed by atoms with E-state index < -0.39 is 35.5 Å². The highest BCUT2D eigenvalue weighted by Crippen LogP contribution is 2.30. The van der Waals surface area contributed by atoms with Crippen molar-refractivity contribution in [3.05, 3.63) is 40.0 Å². The van der Waals surface area contributed by atoms with Crippen molar-refractivity contribution in [2.45, 2.75) is 24.4 Å². The van der Waals surface area contributed by atoms with Crippen LogP contribution in [0.5, 0.6) is 11.5 Å². The van der Waals surface area contributed by atoms with E-state index in [1.807, 2.05) is 0 Å². The summed E-state index contributed by atoms with van der Waals surface area (Å²) in [4.78, 5) is 26.8. The number of rotatable bonds is 5. The lowest BCUT2D eigenvalue weighted by atomic mass is 10.1. The Hall–Kier alpha value is -2.85. The monoisotopic (exact) mass is 353 g/mol. The number of hydrogen-bond donors (Lipinski definition) is 2. The van der Waals surface area contributed by atoms with Gasteiger partial charge < -0.3 is 29.3 Å². The molecular weight excluding hydrogens is 338 g/mol. The van der Waals surface area contributed by atoms with Gasteiger partial charge >= 0.3 is 5.97 Å². The second-order valence-corrected chi connectivity index (χ2v) is 5.52. The largest absolute Gasteiger partial charge is 0.504 e. The third kappa shape index (κ3) is 3.80. The molecule has 10 nitrogen and oxygen atoms in total. The molecule has 2 fully saturated rings. The van der Waals surface area contributed by atoms with Gasteiger partial charge in [0, 0.05) is 6.08 Å². The van der Waals surface area contributed by atoms with Gasteiger partial charge in [0.15, 0.2) is 23.7 Å². The number of benzene rings is 1. The summed E-state index contributed by atoms with van der Waals surface area (Å²) in [6.07, 6.45) is -0.279. The maximum atomic E-state index is 11.9. The molecule has 2 aliphatic rings. The maximum absolute atomic E-state index is 11.9. The Morgan fingerprint density at radius 3 is 2.56 bits per heavy atom. The summed E-state index contributed by atoms with van der Waals surface area (Å²) in [7, 11) is 0. The molecule has 0 aromatic heterocycles. The Bertz CT molecular complexity index is 704. The number of aromatic hydroxyl groups is 2. The first-order valence-corrected chi connectivity index (χ1v) is 7.39. The van der Waals surface area contributed by atoms with Crippen molar-refractivity contribution in [3.63, 3.8) is 0 Å². The number of carbonyl (C=O) groups is 1. The van der Waals surface area contributed by atoms with Gasteiger partial charge in [-0.05, 0) is 23.8 Å². The van der Waals surface area contributed by atoms with E-state index in [-0.39, 0.29) is 24.7 Å². The van der Waals surface area contributed by atoms with E-state index in [1.54, 1.807) is 0 Å². The average molecular weight is 353 g/mol. The van der Waals surface area contributed by atoms with Crippen LogP contribution in [0.1, 0.15) is 5.56 Å². The first-order chi connectivity index (χ1) is 11.9. The fourth-order valence-electron chi connectivity index (χ4n) is 2.73. The number of phenols is 2. The highest BCUT2D eigenvalue weighted by Gasteiger charge is 2.51. The van der Waals surface area contributed by atoms with E-state index in [0.29, 0.717) is 5.56 Å². The van der Waals surface area contributed by atoms with E-state index in [9.17, 15) is 25.1 Å². The molecule has 134 valence electrons. The number of phenolic OH excluding ortho intramolecular Hbond substituents is 2. The minimum atomic E-state index is -0.908. The van der Waals surface area contributed by atoms with Crippen LogP contribution >= 0.6 is 0 Å². The lowest BCUT2D eigenvalue weighted by Crippen LogP contribution is -2.35. The molecule has 4 atom stereocenters. The summed E-state index contributed by atoms with van der Waals surface area (Å²) in [5.74, 6) is -1.23. The lowest BCUT2D eigenvalue weighted by Gasteiger charge is -2.15. The van der Waals surface area contributed by atoms with Gasteiger partial charge in [0.1, 0.15) is 12.2 Å². The Labute approximate surface area is 141 Å². The average Bonchev–Trinajstić information content (AvgIpc) is 3.12. The third-order valence-corrected chi connectivity index (χ3v) is 3.86. The van der Waals surface area contributed by atoms with Crippen molar-refractivity contribution in [1.82, 2.24) is 0 Å². The van der Waals surface area contributed by atoms with Crippen molar-refractivity contribution in [2.24, 2.45) is 0 Å². The van der Waals surface area contributed by atoms with Gasteiger partial charge in [0.05, 0.1) is 13.2 Å². The molecule has 0 amide bonds. The molecule has 2 N–H and O–H groups in total. The number of nitrogens with zero attached hydrogens (tertiary/aromatic N) is 1. The van der Waals surface area contributed by atoms with Gasteiger partial charge in [-0.15, -0.1) is 10.1 Å². The zero-order valence-electron chi connectivity index (χ0n) is 12.8. The number of ether oxygens (including phenoxy) is 3. The van der Waals surface area contributed by atoms with Crippen molar-refractivity contribution in [3.8, 4) is 11.5 Å². The van der Waals surface area contributed by atoms with E-state index in [1.165, 1.54) is 24.3 Å². The number of carbonyl (C=O) groups excluding carboxylic acids is 1. The van der Waals surface area contributed by atoms with Crippen LogP contribution in [-0.4, -0.2) is 58.9 Å². The van der Waals surface area contributed by atoms with Crippen LogP contribution in [0.2, 0.25) is 0 Å². The van der Waals surface area contributed by atoms with Crippen molar-refractivity contribution in [1.29, 1.82) is 0 Å².